The third-order valence-corrected chi connectivity index (χ3v) is 4.45. The summed E-state index contributed by atoms with van der Waals surface area (Å²) in [5, 5.41) is 0. The first-order valence-corrected chi connectivity index (χ1v) is 6.95. The largest absolute Gasteiger partial charge is 0.376 e. The molecule has 3 unspecified atom stereocenters. The van der Waals surface area contributed by atoms with Crippen molar-refractivity contribution in [3.63, 3.8) is 0 Å². The Morgan fingerprint density at radius 3 is 3.00 bits per heavy atom. The number of hydrogen-bond donors (Lipinski definition) is 2. The van der Waals surface area contributed by atoms with Crippen molar-refractivity contribution < 1.29 is 9.53 Å². The SMILES string of the molecule is CC1CN(CCC2CCCC2(N)C(N)=O)CCO1. The maximum Gasteiger partial charge on any atom is 0.237 e. The van der Waals surface area contributed by atoms with Gasteiger partial charge >= 0.3 is 0 Å². The summed E-state index contributed by atoms with van der Waals surface area (Å²) in [5.41, 5.74) is 10.9. The van der Waals surface area contributed by atoms with Gasteiger partial charge in [-0.3, -0.25) is 9.69 Å². The van der Waals surface area contributed by atoms with E-state index in [0.717, 1.165) is 51.9 Å². The lowest BCUT2D eigenvalue weighted by atomic mass is 9.85. The van der Waals surface area contributed by atoms with E-state index in [9.17, 15) is 4.79 Å². The van der Waals surface area contributed by atoms with Crippen LogP contribution < -0.4 is 11.5 Å². The molecule has 104 valence electrons. The molecule has 1 heterocycles. The summed E-state index contributed by atoms with van der Waals surface area (Å²) in [7, 11) is 0. The van der Waals surface area contributed by atoms with Gasteiger partial charge in [0.25, 0.3) is 0 Å². The average Bonchev–Trinajstić information content (AvgIpc) is 2.70. The number of morpholine rings is 1. The fourth-order valence-electron chi connectivity index (χ4n) is 3.26. The van der Waals surface area contributed by atoms with Gasteiger partial charge in [0.15, 0.2) is 0 Å². The second kappa shape index (κ2) is 5.55. The van der Waals surface area contributed by atoms with E-state index in [1.807, 2.05) is 0 Å². The van der Waals surface area contributed by atoms with E-state index in [4.69, 9.17) is 16.2 Å². The molecule has 1 aliphatic heterocycles. The van der Waals surface area contributed by atoms with Gasteiger partial charge in [0.2, 0.25) is 5.91 Å². The van der Waals surface area contributed by atoms with Crippen LogP contribution in [0.4, 0.5) is 0 Å². The number of nitrogens with zero attached hydrogens (tertiary/aromatic N) is 1. The van der Waals surface area contributed by atoms with Crippen LogP contribution in [0.2, 0.25) is 0 Å². The van der Waals surface area contributed by atoms with Crippen LogP contribution in [-0.4, -0.2) is 48.7 Å². The summed E-state index contributed by atoms with van der Waals surface area (Å²) < 4.78 is 5.52. The van der Waals surface area contributed by atoms with Crippen LogP contribution in [0.15, 0.2) is 0 Å². The fourth-order valence-corrected chi connectivity index (χ4v) is 3.26. The van der Waals surface area contributed by atoms with Gasteiger partial charge in [-0.15, -0.1) is 0 Å². The Kier molecular flexibility index (Phi) is 4.25. The minimum atomic E-state index is -0.766. The molecule has 2 aliphatic rings. The van der Waals surface area contributed by atoms with Crippen molar-refractivity contribution in [2.24, 2.45) is 17.4 Å². The van der Waals surface area contributed by atoms with Crippen LogP contribution in [0.3, 0.4) is 0 Å². The Morgan fingerprint density at radius 1 is 1.56 bits per heavy atom. The minimum absolute atomic E-state index is 0.244. The van der Waals surface area contributed by atoms with Crippen molar-refractivity contribution >= 4 is 5.91 Å². The fraction of sp³-hybridized carbons (Fsp3) is 0.923. The van der Waals surface area contributed by atoms with Gasteiger partial charge in [0.1, 0.15) is 0 Å². The lowest BCUT2D eigenvalue weighted by Gasteiger charge is -2.34. The van der Waals surface area contributed by atoms with E-state index in [1.54, 1.807) is 0 Å². The normalized spacial score (nSPS) is 37.9. The molecule has 1 aliphatic carbocycles. The molecule has 0 spiro atoms. The predicted molar refractivity (Wildman–Crippen MR) is 69.9 cm³/mol. The molecule has 0 radical (unpaired) electrons. The Hall–Kier alpha value is -0.650. The number of rotatable bonds is 4. The highest BCUT2D eigenvalue weighted by atomic mass is 16.5. The molecule has 3 atom stereocenters. The van der Waals surface area contributed by atoms with E-state index in [2.05, 4.69) is 11.8 Å². The quantitative estimate of drug-likeness (QED) is 0.745. The monoisotopic (exact) mass is 255 g/mol. The number of carbonyl (C=O) groups is 1. The van der Waals surface area contributed by atoms with Crippen LogP contribution in [0.5, 0.6) is 0 Å². The molecule has 0 bridgehead atoms. The number of hydrogen-bond acceptors (Lipinski definition) is 4. The van der Waals surface area contributed by atoms with E-state index < -0.39 is 5.54 Å². The summed E-state index contributed by atoms with van der Waals surface area (Å²) in [5.74, 6) is -0.0894. The first-order chi connectivity index (χ1) is 8.52. The van der Waals surface area contributed by atoms with E-state index >= 15 is 0 Å². The van der Waals surface area contributed by atoms with Gasteiger partial charge < -0.3 is 16.2 Å². The van der Waals surface area contributed by atoms with E-state index in [1.165, 1.54) is 0 Å². The molecular formula is C13H25N3O2. The van der Waals surface area contributed by atoms with Crippen LogP contribution in [0, 0.1) is 5.92 Å². The first kappa shape index (κ1) is 13.8. The molecule has 4 N–H and O–H groups in total. The van der Waals surface area contributed by atoms with Crippen LogP contribution in [0.1, 0.15) is 32.6 Å². The maximum atomic E-state index is 11.5. The lowest BCUT2D eigenvalue weighted by Crippen LogP contribution is -2.55. The van der Waals surface area contributed by atoms with Crippen LogP contribution in [0.25, 0.3) is 0 Å². The Morgan fingerprint density at radius 2 is 2.33 bits per heavy atom. The standard InChI is InChI=1S/C13H25N3O2/c1-10-9-16(7-8-18-10)6-4-11-3-2-5-13(11,15)12(14)17/h10-11H,2-9,15H2,1H3,(H2,14,17). The zero-order valence-electron chi connectivity index (χ0n) is 11.2. The van der Waals surface area contributed by atoms with Crippen molar-refractivity contribution in [2.75, 3.05) is 26.2 Å². The summed E-state index contributed by atoms with van der Waals surface area (Å²) in [4.78, 5) is 13.9. The molecule has 5 heteroatoms. The molecule has 1 saturated carbocycles. The molecule has 1 amide bonds. The second-order valence-corrected chi connectivity index (χ2v) is 5.76. The maximum absolute atomic E-state index is 11.5. The molecule has 2 fully saturated rings. The number of carbonyl (C=O) groups excluding carboxylic acids is 1. The molecule has 1 saturated heterocycles. The number of amides is 1. The van der Waals surface area contributed by atoms with Gasteiger partial charge in [-0.1, -0.05) is 6.42 Å². The van der Waals surface area contributed by atoms with Gasteiger partial charge in [-0.25, -0.2) is 0 Å². The molecule has 0 aromatic carbocycles. The summed E-state index contributed by atoms with van der Waals surface area (Å²) >= 11 is 0. The summed E-state index contributed by atoms with van der Waals surface area (Å²) in [6.07, 6.45) is 4.06. The first-order valence-electron chi connectivity index (χ1n) is 6.95. The highest BCUT2D eigenvalue weighted by Gasteiger charge is 2.44. The van der Waals surface area contributed by atoms with Crippen molar-refractivity contribution in [2.45, 2.75) is 44.2 Å². The predicted octanol–water partition coefficient (Wildman–Crippen LogP) is 0.0801. The molecule has 2 rings (SSSR count). The van der Waals surface area contributed by atoms with Crippen molar-refractivity contribution in [3.8, 4) is 0 Å². The molecule has 0 aromatic heterocycles. The zero-order chi connectivity index (χ0) is 13.2. The summed E-state index contributed by atoms with van der Waals surface area (Å²) in [6, 6.07) is 0. The number of ether oxygens (including phenoxy) is 1. The van der Waals surface area contributed by atoms with Crippen molar-refractivity contribution in [1.82, 2.24) is 4.90 Å². The topological polar surface area (TPSA) is 81.6 Å². The van der Waals surface area contributed by atoms with Crippen LogP contribution in [-0.2, 0) is 9.53 Å². The van der Waals surface area contributed by atoms with E-state index in [0.29, 0.717) is 6.10 Å². The molecule has 5 nitrogen and oxygen atoms in total. The molecule has 0 aromatic rings. The molecular weight excluding hydrogens is 230 g/mol. The van der Waals surface area contributed by atoms with Crippen molar-refractivity contribution in [3.05, 3.63) is 0 Å². The third-order valence-electron chi connectivity index (χ3n) is 4.45. The number of nitrogens with two attached hydrogens (primary N) is 2. The Labute approximate surface area is 109 Å². The van der Waals surface area contributed by atoms with Gasteiger partial charge in [0.05, 0.1) is 18.2 Å². The second-order valence-electron chi connectivity index (χ2n) is 5.76. The Bertz CT molecular complexity index is 311. The lowest BCUT2D eigenvalue weighted by molar-refractivity contribution is -0.124. The zero-order valence-corrected chi connectivity index (χ0v) is 11.2. The van der Waals surface area contributed by atoms with Crippen molar-refractivity contribution in [1.29, 1.82) is 0 Å². The Balaban J connectivity index is 1.84. The minimum Gasteiger partial charge on any atom is -0.376 e. The highest BCUT2D eigenvalue weighted by Crippen LogP contribution is 2.36. The molecule has 18 heavy (non-hydrogen) atoms. The summed E-state index contributed by atoms with van der Waals surface area (Å²) in [6.45, 7) is 5.84. The van der Waals surface area contributed by atoms with Gasteiger partial charge in [0, 0.05) is 13.1 Å². The average molecular weight is 255 g/mol. The number of primary amides is 1. The van der Waals surface area contributed by atoms with E-state index in [-0.39, 0.29) is 11.8 Å². The van der Waals surface area contributed by atoms with Gasteiger partial charge in [-0.05, 0) is 38.6 Å². The smallest absolute Gasteiger partial charge is 0.237 e. The van der Waals surface area contributed by atoms with Crippen LogP contribution >= 0.6 is 0 Å². The highest BCUT2D eigenvalue weighted by molar-refractivity contribution is 5.85. The third kappa shape index (κ3) is 2.84. The van der Waals surface area contributed by atoms with Gasteiger partial charge in [-0.2, -0.15) is 0 Å².